The lowest BCUT2D eigenvalue weighted by Gasteiger charge is -2.29. The van der Waals surface area contributed by atoms with E-state index in [4.69, 9.17) is 5.11 Å². The van der Waals surface area contributed by atoms with Gasteiger partial charge in [-0.15, -0.1) is 11.3 Å². The monoisotopic (exact) mass is 226 g/mol. The molecule has 1 fully saturated rings. The summed E-state index contributed by atoms with van der Waals surface area (Å²) in [5.74, 6) is 0.570. The lowest BCUT2D eigenvalue weighted by atomic mass is 9.94. The van der Waals surface area contributed by atoms with E-state index in [0.717, 1.165) is 11.6 Å². The summed E-state index contributed by atoms with van der Waals surface area (Å²) in [6, 6.07) is 0. The topological polar surface area (TPSA) is 36.4 Å². The second-order valence-corrected chi connectivity index (χ2v) is 5.60. The summed E-state index contributed by atoms with van der Waals surface area (Å²) in [5.41, 5.74) is 1.22. The van der Waals surface area contributed by atoms with E-state index in [0.29, 0.717) is 5.92 Å². The second kappa shape index (κ2) is 4.60. The van der Waals surface area contributed by atoms with E-state index in [1.54, 1.807) is 11.3 Å². The minimum absolute atomic E-state index is 0.0774. The Labute approximate surface area is 94.8 Å². The molecule has 1 unspecified atom stereocenters. The van der Waals surface area contributed by atoms with Crippen molar-refractivity contribution in [1.29, 1.82) is 0 Å². The van der Waals surface area contributed by atoms with Crippen LogP contribution in [-0.4, -0.2) is 35.1 Å². The number of aromatic nitrogens is 1. The normalized spacial score (nSPS) is 23.3. The van der Waals surface area contributed by atoms with Crippen LogP contribution in [0.15, 0.2) is 0 Å². The Balaban J connectivity index is 2.16. The van der Waals surface area contributed by atoms with Crippen LogP contribution < -0.4 is 0 Å². The van der Waals surface area contributed by atoms with Gasteiger partial charge in [-0.25, -0.2) is 4.98 Å². The zero-order chi connectivity index (χ0) is 10.8. The molecule has 15 heavy (non-hydrogen) atoms. The third-order valence-electron chi connectivity index (χ3n) is 3.02. The first kappa shape index (κ1) is 11.0. The fourth-order valence-corrected chi connectivity index (χ4v) is 3.18. The molecule has 0 radical (unpaired) electrons. The molecule has 0 aromatic carbocycles. The predicted octanol–water partition coefficient (Wildman–Crippen LogP) is 1.75. The number of rotatable bonds is 2. The summed E-state index contributed by atoms with van der Waals surface area (Å²) in [5, 5.41) is 9.92. The first-order valence-corrected chi connectivity index (χ1v) is 6.28. The molecule has 3 nitrogen and oxygen atoms in total. The second-order valence-electron chi connectivity index (χ2n) is 4.31. The first-order valence-electron chi connectivity index (χ1n) is 5.46. The Kier molecular flexibility index (Phi) is 3.38. The minimum atomic E-state index is 0.0774. The average molecular weight is 226 g/mol. The van der Waals surface area contributed by atoms with Gasteiger partial charge >= 0.3 is 0 Å². The van der Waals surface area contributed by atoms with Crippen LogP contribution in [0, 0.1) is 6.92 Å². The van der Waals surface area contributed by atoms with E-state index in [1.165, 1.54) is 30.0 Å². The molecule has 0 aliphatic carbocycles. The van der Waals surface area contributed by atoms with Crippen LogP contribution in [-0.2, 0) is 6.61 Å². The highest BCUT2D eigenvalue weighted by Gasteiger charge is 2.23. The summed E-state index contributed by atoms with van der Waals surface area (Å²) in [6.45, 7) is 4.50. The van der Waals surface area contributed by atoms with Crippen LogP contribution in [0.3, 0.4) is 0 Å². The van der Waals surface area contributed by atoms with E-state index < -0.39 is 0 Å². The number of likely N-dealkylation sites (N-methyl/N-ethyl adjacent to an activating group) is 1. The predicted molar refractivity (Wildman–Crippen MR) is 62.2 cm³/mol. The molecule has 2 heterocycles. The number of hydrogen-bond donors (Lipinski definition) is 1. The molecule has 1 aliphatic rings. The molecular weight excluding hydrogens is 208 g/mol. The molecular formula is C11H18N2OS. The maximum Gasteiger partial charge on any atom is 0.119 e. The van der Waals surface area contributed by atoms with Crippen LogP contribution in [0.25, 0.3) is 0 Å². The Morgan fingerprint density at radius 2 is 2.40 bits per heavy atom. The van der Waals surface area contributed by atoms with Crippen LogP contribution >= 0.6 is 11.3 Å². The number of piperidine rings is 1. The van der Waals surface area contributed by atoms with Crippen molar-refractivity contribution in [2.24, 2.45) is 0 Å². The van der Waals surface area contributed by atoms with Gasteiger partial charge in [0.15, 0.2) is 0 Å². The van der Waals surface area contributed by atoms with Gasteiger partial charge in [-0.3, -0.25) is 0 Å². The smallest absolute Gasteiger partial charge is 0.119 e. The number of aliphatic hydroxyl groups excluding tert-OH is 1. The molecule has 4 heteroatoms. The van der Waals surface area contributed by atoms with Gasteiger partial charge in [-0.1, -0.05) is 0 Å². The highest BCUT2D eigenvalue weighted by molar-refractivity contribution is 7.11. The average Bonchev–Trinajstić information content (AvgIpc) is 2.60. The van der Waals surface area contributed by atoms with Crippen LogP contribution in [0.4, 0.5) is 0 Å². The van der Waals surface area contributed by atoms with Crippen molar-refractivity contribution in [1.82, 2.24) is 9.88 Å². The Bertz CT molecular complexity index is 337. The van der Waals surface area contributed by atoms with Gasteiger partial charge in [0.25, 0.3) is 0 Å². The molecule has 1 N–H and O–H groups in total. The standard InChI is InChI=1S/C11H18N2OS/c1-8-11(12-10(7-14)15-8)9-4-3-5-13(2)6-9/h9,14H,3-7H2,1-2H3. The molecule has 0 spiro atoms. The van der Waals surface area contributed by atoms with Gasteiger partial charge in [0.05, 0.1) is 12.3 Å². The van der Waals surface area contributed by atoms with E-state index in [-0.39, 0.29) is 6.61 Å². The van der Waals surface area contributed by atoms with Gasteiger partial charge in [-0.2, -0.15) is 0 Å². The van der Waals surface area contributed by atoms with Crippen molar-refractivity contribution < 1.29 is 5.11 Å². The van der Waals surface area contributed by atoms with Crippen molar-refractivity contribution in [3.63, 3.8) is 0 Å². The number of thiazole rings is 1. The molecule has 1 aromatic heterocycles. The third kappa shape index (κ3) is 2.38. The SMILES string of the molecule is Cc1sc(CO)nc1C1CCCN(C)C1. The number of aliphatic hydroxyl groups is 1. The van der Waals surface area contributed by atoms with E-state index in [1.807, 2.05) is 0 Å². The number of nitrogens with zero attached hydrogens (tertiary/aromatic N) is 2. The zero-order valence-electron chi connectivity index (χ0n) is 9.36. The number of likely N-dealkylation sites (tertiary alicyclic amines) is 1. The lowest BCUT2D eigenvalue weighted by Crippen LogP contribution is -2.31. The van der Waals surface area contributed by atoms with Gasteiger partial charge in [0.1, 0.15) is 5.01 Å². The molecule has 1 atom stereocenters. The fourth-order valence-electron chi connectivity index (χ4n) is 2.30. The molecule has 1 aliphatic heterocycles. The quantitative estimate of drug-likeness (QED) is 0.834. The largest absolute Gasteiger partial charge is 0.389 e. The first-order chi connectivity index (χ1) is 7.20. The van der Waals surface area contributed by atoms with Crippen LogP contribution in [0.5, 0.6) is 0 Å². The highest BCUT2D eigenvalue weighted by atomic mass is 32.1. The van der Waals surface area contributed by atoms with Gasteiger partial charge in [0.2, 0.25) is 0 Å². The minimum Gasteiger partial charge on any atom is -0.389 e. The third-order valence-corrected chi connectivity index (χ3v) is 3.99. The van der Waals surface area contributed by atoms with Crippen LogP contribution in [0.1, 0.15) is 34.3 Å². The van der Waals surface area contributed by atoms with Gasteiger partial charge < -0.3 is 10.0 Å². The molecule has 2 rings (SSSR count). The summed E-state index contributed by atoms with van der Waals surface area (Å²) in [4.78, 5) is 8.17. The van der Waals surface area contributed by atoms with Crippen molar-refractivity contribution >= 4 is 11.3 Å². The van der Waals surface area contributed by atoms with E-state index in [9.17, 15) is 0 Å². The Morgan fingerprint density at radius 1 is 1.60 bits per heavy atom. The number of hydrogen-bond acceptors (Lipinski definition) is 4. The zero-order valence-corrected chi connectivity index (χ0v) is 10.2. The lowest BCUT2D eigenvalue weighted by molar-refractivity contribution is 0.247. The summed E-state index contributed by atoms with van der Waals surface area (Å²) in [7, 11) is 2.17. The maximum atomic E-state index is 9.06. The van der Waals surface area contributed by atoms with E-state index in [2.05, 4.69) is 23.9 Å². The van der Waals surface area contributed by atoms with Crippen molar-refractivity contribution in [3.05, 3.63) is 15.6 Å². The van der Waals surface area contributed by atoms with Crippen molar-refractivity contribution in [3.8, 4) is 0 Å². The van der Waals surface area contributed by atoms with Crippen molar-refractivity contribution in [2.75, 3.05) is 20.1 Å². The number of aryl methyl sites for hydroxylation is 1. The fraction of sp³-hybridized carbons (Fsp3) is 0.727. The summed E-state index contributed by atoms with van der Waals surface area (Å²) in [6.07, 6.45) is 2.49. The molecule has 1 aromatic rings. The van der Waals surface area contributed by atoms with E-state index >= 15 is 0 Å². The maximum absolute atomic E-state index is 9.06. The Morgan fingerprint density at radius 3 is 3.00 bits per heavy atom. The highest BCUT2D eigenvalue weighted by Crippen LogP contribution is 2.30. The van der Waals surface area contributed by atoms with Crippen LogP contribution in [0.2, 0.25) is 0 Å². The molecule has 84 valence electrons. The molecule has 0 amide bonds. The molecule has 1 saturated heterocycles. The van der Waals surface area contributed by atoms with Gasteiger partial charge in [-0.05, 0) is 33.4 Å². The molecule has 0 saturated carbocycles. The van der Waals surface area contributed by atoms with Gasteiger partial charge in [0, 0.05) is 17.3 Å². The Hall–Kier alpha value is -0.450. The summed E-state index contributed by atoms with van der Waals surface area (Å²) >= 11 is 1.63. The van der Waals surface area contributed by atoms with Crippen molar-refractivity contribution in [2.45, 2.75) is 32.3 Å². The summed E-state index contributed by atoms with van der Waals surface area (Å²) < 4.78 is 0. The molecule has 0 bridgehead atoms.